The Hall–Kier alpha value is -2.27. The lowest BCUT2D eigenvalue weighted by Gasteiger charge is -2.18. The van der Waals surface area contributed by atoms with E-state index in [4.69, 9.17) is 0 Å². The van der Waals surface area contributed by atoms with Gasteiger partial charge in [-0.1, -0.05) is 30.3 Å². The van der Waals surface area contributed by atoms with Gasteiger partial charge < -0.3 is 10.4 Å². The van der Waals surface area contributed by atoms with Crippen LogP contribution in [0.2, 0.25) is 0 Å². The highest BCUT2D eigenvalue weighted by atomic mass is 19.1. The molecular formula is C19H21F2NO2. The fourth-order valence-electron chi connectivity index (χ4n) is 2.54. The smallest absolute Gasteiger partial charge is 0.220 e. The summed E-state index contributed by atoms with van der Waals surface area (Å²) in [5.74, 6) is -1.30. The van der Waals surface area contributed by atoms with Crippen LogP contribution in [0.15, 0.2) is 48.5 Å². The molecule has 5 heteroatoms. The van der Waals surface area contributed by atoms with E-state index in [1.54, 1.807) is 6.92 Å². The summed E-state index contributed by atoms with van der Waals surface area (Å²) in [5, 5.41) is 12.9. The van der Waals surface area contributed by atoms with Gasteiger partial charge in [-0.05, 0) is 49.1 Å². The Morgan fingerprint density at radius 1 is 1.17 bits per heavy atom. The van der Waals surface area contributed by atoms with Crippen molar-refractivity contribution in [3.05, 3.63) is 71.3 Å². The van der Waals surface area contributed by atoms with Crippen molar-refractivity contribution in [2.24, 2.45) is 0 Å². The van der Waals surface area contributed by atoms with Gasteiger partial charge in [0.2, 0.25) is 5.91 Å². The Labute approximate surface area is 140 Å². The molecule has 2 aromatic carbocycles. The predicted molar refractivity (Wildman–Crippen MR) is 88.3 cm³/mol. The van der Waals surface area contributed by atoms with Crippen molar-refractivity contribution < 1.29 is 18.7 Å². The minimum absolute atomic E-state index is 0.0617. The van der Waals surface area contributed by atoms with Crippen LogP contribution in [0.1, 0.15) is 37.0 Å². The van der Waals surface area contributed by atoms with Gasteiger partial charge >= 0.3 is 0 Å². The second-order valence-electron chi connectivity index (χ2n) is 5.87. The summed E-state index contributed by atoms with van der Waals surface area (Å²) in [5.41, 5.74) is 0.975. The Morgan fingerprint density at radius 2 is 1.88 bits per heavy atom. The number of halogens is 2. The van der Waals surface area contributed by atoms with Crippen LogP contribution in [-0.2, 0) is 11.2 Å². The second-order valence-corrected chi connectivity index (χ2v) is 5.87. The van der Waals surface area contributed by atoms with E-state index in [1.165, 1.54) is 0 Å². The molecule has 0 radical (unpaired) electrons. The quantitative estimate of drug-likeness (QED) is 0.814. The maximum absolute atomic E-state index is 13.5. The van der Waals surface area contributed by atoms with E-state index in [-0.39, 0.29) is 30.4 Å². The molecule has 0 saturated carbocycles. The number of aliphatic hydroxyl groups excluding tert-OH is 1. The zero-order valence-corrected chi connectivity index (χ0v) is 13.5. The highest BCUT2D eigenvalue weighted by molar-refractivity contribution is 5.76. The van der Waals surface area contributed by atoms with E-state index in [9.17, 15) is 18.7 Å². The molecule has 2 unspecified atom stereocenters. The number of aliphatic hydroxyl groups is 1. The summed E-state index contributed by atoms with van der Waals surface area (Å²) in [6.07, 6.45) is -0.0956. The van der Waals surface area contributed by atoms with Crippen LogP contribution in [-0.4, -0.2) is 17.1 Å². The van der Waals surface area contributed by atoms with Crippen molar-refractivity contribution in [2.75, 3.05) is 0 Å². The van der Waals surface area contributed by atoms with Gasteiger partial charge in [-0.15, -0.1) is 0 Å². The molecule has 2 rings (SSSR count). The minimum Gasteiger partial charge on any atom is -0.388 e. The number of benzene rings is 2. The van der Waals surface area contributed by atoms with E-state index < -0.39 is 17.7 Å². The molecule has 0 aliphatic rings. The van der Waals surface area contributed by atoms with Crippen LogP contribution in [0.4, 0.5) is 8.78 Å². The molecule has 2 atom stereocenters. The molecule has 2 N–H and O–H groups in total. The maximum atomic E-state index is 13.5. The molecule has 0 bridgehead atoms. The molecule has 3 nitrogen and oxygen atoms in total. The van der Waals surface area contributed by atoms with Crippen LogP contribution in [0.5, 0.6) is 0 Å². The Morgan fingerprint density at radius 3 is 2.58 bits per heavy atom. The lowest BCUT2D eigenvalue weighted by molar-refractivity contribution is -0.121. The largest absolute Gasteiger partial charge is 0.388 e. The maximum Gasteiger partial charge on any atom is 0.220 e. The molecule has 0 aliphatic carbocycles. The molecule has 0 aromatic heterocycles. The summed E-state index contributed by atoms with van der Waals surface area (Å²) < 4.78 is 26.6. The van der Waals surface area contributed by atoms with E-state index in [1.807, 2.05) is 30.3 Å². The number of aryl methyl sites for hydroxylation is 1. The molecule has 24 heavy (non-hydrogen) atoms. The van der Waals surface area contributed by atoms with Crippen molar-refractivity contribution in [3.63, 3.8) is 0 Å². The minimum atomic E-state index is -0.665. The number of nitrogens with one attached hydrogen (secondary N) is 1. The number of carbonyl (C=O) groups excluding carboxylic acids is 1. The first-order valence-corrected chi connectivity index (χ1v) is 7.92. The number of hydrogen-bond donors (Lipinski definition) is 2. The van der Waals surface area contributed by atoms with Crippen molar-refractivity contribution in [1.82, 2.24) is 5.32 Å². The van der Waals surface area contributed by atoms with Crippen LogP contribution in [0.25, 0.3) is 0 Å². The van der Waals surface area contributed by atoms with Crippen LogP contribution in [0.3, 0.4) is 0 Å². The lowest BCUT2D eigenvalue weighted by Crippen LogP contribution is -2.33. The zero-order valence-electron chi connectivity index (χ0n) is 13.5. The third-order valence-electron chi connectivity index (χ3n) is 3.80. The number of rotatable bonds is 7. The first-order chi connectivity index (χ1) is 11.5. The molecule has 128 valence electrons. The average molecular weight is 333 g/mol. The second kappa shape index (κ2) is 8.55. The normalized spacial score (nSPS) is 13.3. The molecule has 0 heterocycles. The Bertz CT molecular complexity index is 676. The summed E-state index contributed by atoms with van der Waals surface area (Å²) in [6.45, 7) is 1.80. The SMILES string of the molecule is CC(CC(O)c1ccccc1)NC(=O)CCc1cc(F)ccc1F. The van der Waals surface area contributed by atoms with Crippen LogP contribution >= 0.6 is 0 Å². The summed E-state index contributed by atoms with van der Waals surface area (Å²) in [6, 6.07) is 12.2. The Balaban J connectivity index is 1.80. The fourth-order valence-corrected chi connectivity index (χ4v) is 2.54. The topological polar surface area (TPSA) is 49.3 Å². The first kappa shape index (κ1) is 18.1. The number of hydrogen-bond acceptors (Lipinski definition) is 2. The number of carbonyl (C=O) groups is 1. The molecule has 2 aromatic rings. The highest BCUT2D eigenvalue weighted by Crippen LogP contribution is 2.18. The zero-order chi connectivity index (χ0) is 17.5. The van der Waals surface area contributed by atoms with Crippen LogP contribution < -0.4 is 5.32 Å². The van der Waals surface area contributed by atoms with Gasteiger partial charge in [0.15, 0.2) is 0 Å². The van der Waals surface area contributed by atoms with E-state index in [0.717, 1.165) is 23.8 Å². The summed E-state index contributed by atoms with van der Waals surface area (Å²) in [4.78, 5) is 11.9. The van der Waals surface area contributed by atoms with E-state index in [0.29, 0.717) is 6.42 Å². The summed E-state index contributed by atoms with van der Waals surface area (Å²) in [7, 11) is 0. The molecule has 0 saturated heterocycles. The molecule has 1 amide bonds. The van der Waals surface area contributed by atoms with E-state index >= 15 is 0 Å². The highest BCUT2D eigenvalue weighted by Gasteiger charge is 2.15. The van der Waals surface area contributed by atoms with Crippen molar-refractivity contribution in [1.29, 1.82) is 0 Å². The van der Waals surface area contributed by atoms with Gasteiger partial charge in [0.05, 0.1) is 6.10 Å². The molecule has 0 fully saturated rings. The number of amides is 1. The third-order valence-corrected chi connectivity index (χ3v) is 3.80. The van der Waals surface area contributed by atoms with Gasteiger partial charge in [0, 0.05) is 12.5 Å². The van der Waals surface area contributed by atoms with Gasteiger partial charge in [-0.2, -0.15) is 0 Å². The van der Waals surface area contributed by atoms with E-state index in [2.05, 4.69) is 5.32 Å². The molecule has 0 aliphatic heterocycles. The lowest BCUT2D eigenvalue weighted by atomic mass is 10.0. The predicted octanol–water partition coefficient (Wildman–Crippen LogP) is 3.53. The van der Waals surface area contributed by atoms with Crippen molar-refractivity contribution >= 4 is 5.91 Å². The van der Waals surface area contributed by atoms with Gasteiger partial charge in [0.1, 0.15) is 11.6 Å². The monoisotopic (exact) mass is 333 g/mol. The Kier molecular flexibility index (Phi) is 6.44. The van der Waals surface area contributed by atoms with Crippen molar-refractivity contribution in [3.8, 4) is 0 Å². The third kappa shape index (κ3) is 5.42. The van der Waals surface area contributed by atoms with Gasteiger partial charge in [-0.3, -0.25) is 4.79 Å². The molecular weight excluding hydrogens is 312 g/mol. The van der Waals surface area contributed by atoms with Gasteiger partial charge in [-0.25, -0.2) is 8.78 Å². The average Bonchev–Trinajstić information content (AvgIpc) is 2.56. The van der Waals surface area contributed by atoms with Crippen molar-refractivity contribution in [2.45, 2.75) is 38.3 Å². The standard InChI is InChI=1S/C19H21F2NO2/c1-13(11-18(23)14-5-3-2-4-6-14)22-19(24)10-7-15-12-16(20)8-9-17(15)21/h2-6,8-9,12-13,18,23H,7,10-11H2,1H3,(H,22,24). The first-order valence-electron chi connectivity index (χ1n) is 7.92. The molecule has 0 spiro atoms. The fraction of sp³-hybridized carbons (Fsp3) is 0.316. The van der Waals surface area contributed by atoms with Crippen LogP contribution in [0, 0.1) is 11.6 Å². The summed E-state index contributed by atoms with van der Waals surface area (Å²) >= 11 is 0. The van der Waals surface area contributed by atoms with Gasteiger partial charge in [0.25, 0.3) is 0 Å².